The van der Waals surface area contributed by atoms with Crippen LogP contribution < -0.4 is 20.7 Å². The fraction of sp³-hybridized carbons (Fsp3) is 0.333. The Morgan fingerprint density at radius 1 is 1.00 bits per heavy atom. The van der Waals surface area contributed by atoms with E-state index in [1.165, 1.54) is 0 Å². The van der Waals surface area contributed by atoms with E-state index in [-0.39, 0.29) is 24.5 Å². The molecule has 0 spiro atoms. The van der Waals surface area contributed by atoms with Gasteiger partial charge in [0.15, 0.2) is 0 Å². The second-order valence-corrected chi connectivity index (χ2v) is 6.99. The molecule has 28 heavy (non-hydrogen) atoms. The Bertz CT molecular complexity index is 807. The van der Waals surface area contributed by atoms with Gasteiger partial charge < -0.3 is 20.7 Å². The molecule has 2 aromatic rings. The molecule has 2 amide bonds. The van der Waals surface area contributed by atoms with Gasteiger partial charge in [-0.25, -0.2) is 0 Å². The Labute approximate surface area is 170 Å². The van der Waals surface area contributed by atoms with Crippen LogP contribution in [0, 0.1) is 0 Å². The van der Waals surface area contributed by atoms with Crippen LogP contribution in [-0.4, -0.2) is 24.5 Å². The molecule has 0 radical (unpaired) electrons. The molecule has 0 saturated heterocycles. The van der Waals surface area contributed by atoms with Gasteiger partial charge in [0.1, 0.15) is 5.75 Å². The highest BCUT2D eigenvalue weighted by molar-refractivity contribution is 6.33. The Hall–Kier alpha value is -2.73. The molecule has 7 heteroatoms. The summed E-state index contributed by atoms with van der Waals surface area (Å²) in [5.74, 6) is 0.453. The van der Waals surface area contributed by atoms with Gasteiger partial charge in [-0.3, -0.25) is 9.59 Å². The maximum Gasteiger partial charge on any atom is 0.243 e. The number of ether oxygens (including phenoxy) is 1. The van der Waals surface area contributed by atoms with Gasteiger partial charge in [-0.2, -0.15) is 0 Å². The number of carbonyl (C=O) groups excluding carboxylic acids is 2. The first-order chi connectivity index (χ1) is 13.4. The molecule has 0 fully saturated rings. The molecule has 3 N–H and O–H groups in total. The zero-order valence-corrected chi connectivity index (χ0v) is 17.1. The molecule has 6 nitrogen and oxygen atoms in total. The number of rotatable bonds is 9. The Balaban J connectivity index is 1.90. The van der Waals surface area contributed by atoms with E-state index in [9.17, 15) is 9.59 Å². The highest BCUT2D eigenvalue weighted by atomic mass is 35.5. The summed E-state index contributed by atoms with van der Waals surface area (Å²) in [6.45, 7) is 5.94. The minimum absolute atomic E-state index is 0.0753. The van der Waals surface area contributed by atoms with Gasteiger partial charge in [0, 0.05) is 17.8 Å². The van der Waals surface area contributed by atoms with E-state index in [1.807, 2.05) is 45.0 Å². The first-order valence-electron chi connectivity index (χ1n) is 9.27. The van der Waals surface area contributed by atoms with Crippen LogP contribution >= 0.6 is 11.6 Å². The number of amides is 2. The number of benzene rings is 2. The molecule has 2 aromatic carbocycles. The van der Waals surface area contributed by atoms with Crippen LogP contribution in [0.1, 0.15) is 33.6 Å². The molecular weight excluding hydrogens is 378 g/mol. The first-order valence-corrected chi connectivity index (χ1v) is 9.65. The molecule has 0 aliphatic heterocycles. The zero-order chi connectivity index (χ0) is 20.5. The van der Waals surface area contributed by atoms with Gasteiger partial charge in [0.25, 0.3) is 0 Å². The summed E-state index contributed by atoms with van der Waals surface area (Å²) in [5.41, 5.74) is 1.84. The van der Waals surface area contributed by atoms with E-state index in [0.29, 0.717) is 22.8 Å². The van der Waals surface area contributed by atoms with Crippen molar-refractivity contribution in [1.82, 2.24) is 0 Å². The maximum atomic E-state index is 12.2. The molecule has 0 unspecified atom stereocenters. The van der Waals surface area contributed by atoms with Gasteiger partial charge in [0.2, 0.25) is 11.8 Å². The molecule has 0 saturated carbocycles. The van der Waals surface area contributed by atoms with Crippen molar-refractivity contribution >= 4 is 40.5 Å². The van der Waals surface area contributed by atoms with Crippen molar-refractivity contribution < 1.29 is 14.3 Å². The average Bonchev–Trinajstić information content (AvgIpc) is 2.63. The van der Waals surface area contributed by atoms with Gasteiger partial charge in [0.05, 0.1) is 23.4 Å². The maximum absolute atomic E-state index is 12.2. The molecule has 0 aliphatic carbocycles. The summed E-state index contributed by atoms with van der Waals surface area (Å²) in [6, 6.07) is 12.4. The summed E-state index contributed by atoms with van der Waals surface area (Å²) in [7, 11) is 0. The standard InChI is InChI=1S/C21H26ClN3O3/c1-4-5-20(26)24-16-8-11-18(22)19(12-16)25-21(27)13-23-15-6-9-17(10-7-15)28-14(2)3/h6-12,14,23H,4-5,13H2,1-3H3,(H,24,26)(H,25,27). The monoisotopic (exact) mass is 403 g/mol. The summed E-state index contributed by atoms with van der Waals surface area (Å²) in [4.78, 5) is 24.0. The van der Waals surface area contributed by atoms with Crippen molar-refractivity contribution in [2.75, 3.05) is 22.5 Å². The largest absolute Gasteiger partial charge is 0.491 e. The lowest BCUT2D eigenvalue weighted by Gasteiger charge is -2.12. The molecule has 0 atom stereocenters. The summed E-state index contributed by atoms with van der Waals surface area (Å²) in [5, 5.41) is 8.99. The van der Waals surface area contributed by atoms with Crippen LogP contribution in [0.5, 0.6) is 5.75 Å². The molecule has 150 valence electrons. The zero-order valence-electron chi connectivity index (χ0n) is 16.3. The summed E-state index contributed by atoms with van der Waals surface area (Å²) >= 11 is 6.15. The number of carbonyl (C=O) groups is 2. The number of hydrogen-bond acceptors (Lipinski definition) is 4. The molecule has 0 bridgehead atoms. The number of hydrogen-bond donors (Lipinski definition) is 3. The van der Waals surface area contributed by atoms with Crippen LogP contribution in [0.2, 0.25) is 5.02 Å². The van der Waals surface area contributed by atoms with Crippen molar-refractivity contribution in [2.45, 2.75) is 39.7 Å². The highest BCUT2D eigenvalue weighted by Crippen LogP contribution is 2.26. The van der Waals surface area contributed by atoms with Crippen LogP contribution in [-0.2, 0) is 9.59 Å². The van der Waals surface area contributed by atoms with E-state index >= 15 is 0 Å². The number of halogens is 1. The lowest BCUT2D eigenvalue weighted by Crippen LogP contribution is -2.22. The van der Waals surface area contributed by atoms with Crippen LogP contribution in [0.3, 0.4) is 0 Å². The second kappa shape index (κ2) is 10.6. The lowest BCUT2D eigenvalue weighted by molar-refractivity contribution is -0.116. The third-order valence-electron chi connectivity index (χ3n) is 3.68. The van der Waals surface area contributed by atoms with E-state index in [0.717, 1.165) is 17.9 Å². The van der Waals surface area contributed by atoms with Gasteiger partial charge in [-0.15, -0.1) is 0 Å². The van der Waals surface area contributed by atoms with Crippen LogP contribution in [0.15, 0.2) is 42.5 Å². The van der Waals surface area contributed by atoms with Gasteiger partial charge in [-0.1, -0.05) is 18.5 Å². The minimum Gasteiger partial charge on any atom is -0.491 e. The second-order valence-electron chi connectivity index (χ2n) is 6.59. The predicted octanol–water partition coefficient (Wildman–Crippen LogP) is 4.92. The van der Waals surface area contributed by atoms with E-state index in [4.69, 9.17) is 16.3 Å². The molecule has 0 heterocycles. The minimum atomic E-state index is -0.249. The topological polar surface area (TPSA) is 79.5 Å². The summed E-state index contributed by atoms with van der Waals surface area (Å²) in [6.07, 6.45) is 1.31. The average molecular weight is 404 g/mol. The smallest absolute Gasteiger partial charge is 0.243 e. The van der Waals surface area contributed by atoms with Gasteiger partial charge >= 0.3 is 0 Å². The third kappa shape index (κ3) is 7.12. The first kappa shape index (κ1) is 21.6. The Morgan fingerprint density at radius 2 is 1.68 bits per heavy atom. The molecule has 2 rings (SSSR count). The third-order valence-corrected chi connectivity index (χ3v) is 4.01. The highest BCUT2D eigenvalue weighted by Gasteiger charge is 2.09. The predicted molar refractivity (Wildman–Crippen MR) is 114 cm³/mol. The van der Waals surface area contributed by atoms with E-state index in [1.54, 1.807) is 18.2 Å². The molecular formula is C21H26ClN3O3. The summed E-state index contributed by atoms with van der Waals surface area (Å²) < 4.78 is 5.59. The van der Waals surface area contributed by atoms with E-state index < -0.39 is 0 Å². The number of anilines is 3. The molecule has 0 aromatic heterocycles. The van der Waals surface area contributed by atoms with E-state index in [2.05, 4.69) is 16.0 Å². The SMILES string of the molecule is CCCC(=O)Nc1ccc(Cl)c(NC(=O)CNc2ccc(OC(C)C)cc2)c1. The van der Waals surface area contributed by atoms with Crippen molar-refractivity contribution in [1.29, 1.82) is 0 Å². The Kier molecular flexibility index (Phi) is 8.14. The van der Waals surface area contributed by atoms with Gasteiger partial charge in [-0.05, 0) is 62.7 Å². The van der Waals surface area contributed by atoms with Crippen molar-refractivity contribution in [2.24, 2.45) is 0 Å². The Morgan fingerprint density at radius 3 is 2.32 bits per heavy atom. The van der Waals surface area contributed by atoms with Crippen molar-refractivity contribution in [3.63, 3.8) is 0 Å². The number of nitrogens with one attached hydrogen (secondary N) is 3. The normalized spacial score (nSPS) is 10.5. The fourth-order valence-corrected chi connectivity index (χ4v) is 2.61. The van der Waals surface area contributed by atoms with Crippen LogP contribution in [0.4, 0.5) is 17.1 Å². The van der Waals surface area contributed by atoms with Crippen molar-refractivity contribution in [3.8, 4) is 5.75 Å². The lowest BCUT2D eigenvalue weighted by atomic mass is 10.2. The molecule has 0 aliphatic rings. The fourth-order valence-electron chi connectivity index (χ4n) is 2.45. The van der Waals surface area contributed by atoms with Crippen molar-refractivity contribution in [3.05, 3.63) is 47.5 Å². The quantitative estimate of drug-likeness (QED) is 0.555. The van der Waals surface area contributed by atoms with Crippen LogP contribution in [0.25, 0.3) is 0 Å².